The third-order valence-corrected chi connectivity index (χ3v) is 4.72. The molecule has 0 saturated carbocycles. The normalized spacial score (nSPS) is 21.0. The van der Waals surface area contributed by atoms with Crippen LogP contribution in [0.3, 0.4) is 0 Å². The second-order valence-corrected chi connectivity index (χ2v) is 6.32. The Morgan fingerprint density at radius 2 is 1.81 bits per heavy atom. The van der Waals surface area contributed by atoms with Crippen LogP contribution in [0, 0.1) is 12.3 Å². The molecule has 3 rings (SSSR count). The fourth-order valence-corrected chi connectivity index (χ4v) is 3.46. The highest BCUT2D eigenvalue weighted by molar-refractivity contribution is 6.29. The van der Waals surface area contributed by atoms with Gasteiger partial charge in [0.05, 0.1) is 38.7 Å². The first-order valence-electron chi connectivity index (χ1n) is 8.90. The first kappa shape index (κ1) is 18.4. The van der Waals surface area contributed by atoms with E-state index in [1.807, 2.05) is 31.2 Å². The first-order chi connectivity index (χ1) is 12.6. The van der Waals surface area contributed by atoms with Crippen LogP contribution in [0.2, 0.25) is 0 Å². The number of fused-ring (bicyclic) bond motifs is 1. The van der Waals surface area contributed by atoms with Crippen molar-refractivity contribution < 1.29 is 23.8 Å². The molecule has 1 fully saturated rings. The lowest BCUT2D eigenvalue weighted by atomic mass is 9.74. The molecule has 0 aromatic heterocycles. The predicted molar refractivity (Wildman–Crippen MR) is 94.7 cm³/mol. The van der Waals surface area contributed by atoms with Crippen molar-refractivity contribution in [2.75, 3.05) is 33.0 Å². The van der Waals surface area contributed by atoms with E-state index in [4.69, 9.17) is 14.2 Å². The molecular weight excluding hydrogens is 336 g/mol. The van der Waals surface area contributed by atoms with Crippen molar-refractivity contribution in [1.82, 2.24) is 5.01 Å². The van der Waals surface area contributed by atoms with Gasteiger partial charge in [-0.25, -0.2) is 0 Å². The van der Waals surface area contributed by atoms with Crippen molar-refractivity contribution in [2.24, 2.45) is 10.5 Å². The van der Waals surface area contributed by atoms with E-state index >= 15 is 0 Å². The third-order valence-electron chi connectivity index (χ3n) is 4.72. The zero-order valence-corrected chi connectivity index (χ0v) is 15.4. The van der Waals surface area contributed by atoms with Crippen molar-refractivity contribution in [2.45, 2.75) is 26.8 Å². The van der Waals surface area contributed by atoms with Crippen LogP contribution in [-0.4, -0.2) is 61.7 Å². The van der Waals surface area contributed by atoms with Gasteiger partial charge in [0.25, 0.3) is 0 Å². The van der Waals surface area contributed by atoms with Crippen LogP contribution in [-0.2, 0) is 23.8 Å². The summed E-state index contributed by atoms with van der Waals surface area (Å²) < 4.78 is 16.2. The summed E-state index contributed by atoms with van der Waals surface area (Å²) in [5.41, 5.74) is 0.490. The highest BCUT2D eigenvalue weighted by Gasteiger charge is 2.65. The number of hydrogen-bond donors (Lipinski definition) is 0. The second kappa shape index (κ2) is 7.45. The monoisotopic (exact) mass is 360 g/mol. The number of benzene rings is 1. The molecule has 0 unspecified atom stereocenters. The Balaban J connectivity index is 2.17. The number of morpholine rings is 1. The fraction of sp³-hybridized carbons (Fsp3) is 0.526. The topological polar surface area (TPSA) is 77.4 Å². The van der Waals surface area contributed by atoms with Crippen molar-refractivity contribution in [3.63, 3.8) is 0 Å². The molecule has 1 aromatic rings. The number of hydrogen-bond acceptors (Lipinski definition) is 7. The van der Waals surface area contributed by atoms with E-state index in [1.54, 1.807) is 18.9 Å². The molecule has 2 heterocycles. The summed E-state index contributed by atoms with van der Waals surface area (Å²) in [4.78, 5) is 26.2. The molecule has 0 N–H and O–H groups in total. The Kier molecular flexibility index (Phi) is 5.27. The molecule has 2 aliphatic heterocycles. The lowest BCUT2D eigenvalue weighted by Gasteiger charge is -2.37. The zero-order valence-electron chi connectivity index (χ0n) is 15.4. The van der Waals surface area contributed by atoms with Gasteiger partial charge in [0.15, 0.2) is 0 Å². The van der Waals surface area contributed by atoms with Gasteiger partial charge in [0.2, 0.25) is 5.41 Å². The lowest BCUT2D eigenvalue weighted by molar-refractivity contribution is -0.173. The summed E-state index contributed by atoms with van der Waals surface area (Å²) in [5.74, 6) is -1.29. The van der Waals surface area contributed by atoms with E-state index < -0.39 is 23.4 Å². The van der Waals surface area contributed by atoms with Crippen LogP contribution in [0.5, 0.6) is 0 Å². The highest BCUT2D eigenvalue weighted by atomic mass is 16.6. The van der Waals surface area contributed by atoms with E-state index in [-0.39, 0.29) is 19.8 Å². The summed E-state index contributed by atoms with van der Waals surface area (Å²) in [6, 6.07) is 6.99. The quantitative estimate of drug-likeness (QED) is 0.585. The van der Waals surface area contributed by atoms with Crippen LogP contribution >= 0.6 is 0 Å². The SMILES string of the molecule is CCOC(=O)C1(C(=O)OCC)C(c2ccc(C)cc2)=NN2CCOC[C@@H]21. The average molecular weight is 360 g/mol. The smallest absolute Gasteiger partial charge is 0.332 e. The Bertz CT molecular complexity index is 695. The molecule has 7 heteroatoms. The van der Waals surface area contributed by atoms with Crippen LogP contribution in [0.4, 0.5) is 0 Å². The zero-order chi connectivity index (χ0) is 18.7. The van der Waals surface area contributed by atoms with Gasteiger partial charge in [-0.1, -0.05) is 29.8 Å². The van der Waals surface area contributed by atoms with E-state index in [1.165, 1.54) is 0 Å². The number of esters is 2. The van der Waals surface area contributed by atoms with E-state index in [2.05, 4.69) is 5.10 Å². The van der Waals surface area contributed by atoms with E-state index in [9.17, 15) is 9.59 Å². The van der Waals surface area contributed by atoms with Crippen LogP contribution in [0.25, 0.3) is 0 Å². The van der Waals surface area contributed by atoms with Crippen molar-refractivity contribution in [3.8, 4) is 0 Å². The molecular formula is C19H24N2O5. The van der Waals surface area contributed by atoms with Gasteiger partial charge < -0.3 is 14.2 Å². The van der Waals surface area contributed by atoms with Gasteiger partial charge in [-0.2, -0.15) is 5.10 Å². The molecule has 0 bridgehead atoms. The van der Waals surface area contributed by atoms with Gasteiger partial charge in [0, 0.05) is 0 Å². The molecule has 0 amide bonds. The maximum atomic E-state index is 13.1. The maximum Gasteiger partial charge on any atom is 0.332 e. The van der Waals surface area contributed by atoms with E-state index in [0.717, 1.165) is 5.56 Å². The summed E-state index contributed by atoms with van der Waals surface area (Å²) in [7, 11) is 0. The highest BCUT2D eigenvalue weighted by Crippen LogP contribution is 2.41. The minimum absolute atomic E-state index is 0.161. The number of carbonyl (C=O) groups excluding carboxylic acids is 2. The molecule has 1 saturated heterocycles. The Morgan fingerprint density at radius 1 is 1.19 bits per heavy atom. The van der Waals surface area contributed by atoms with Gasteiger partial charge in [-0.15, -0.1) is 0 Å². The van der Waals surface area contributed by atoms with Gasteiger partial charge in [0.1, 0.15) is 6.04 Å². The summed E-state index contributed by atoms with van der Waals surface area (Å²) >= 11 is 0. The van der Waals surface area contributed by atoms with Crippen molar-refractivity contribution >= 4 is 17.7 Å². The maximum absolute atomic E-state index is 13.1. The number of aryl methyl sites for hydroxylation is 1. The standard InChI is InChI=1S/C19H24N2O5/c1-4-25-17(22)19(18(23)26-5-2)15-12-24-11-10-21(15)20-16(19)14-8-6-13(3)7-9-14/h6-9,15H,4-5,10-12H2,1-3H3/t15-/m1/s1. The molecule has 7 nitrogen and oxygen atoms in total. The molecule has 26 heavy (non-hydrogen) atoms. The van der Waals surface area contributed by atoms with Crippen LogP contribution in [0.15, 0.2) is 29.4 Å². The van der Waals surface area contributed by atoms with Gasteiger partial charge in [-0.05, 0) is 26.3 Å². The number of carbonyl (C=O) groups is 2. The molecule has 0 aliphatic carbocycles. The van der Waals surface area contributed by atoms with Gasteiger partial charge >= 0.3 is 11.9 Å². The molecule has 2 aliphatic rings. The number of rotatable bonds is 5. The summed E-state index contributed by atoms with van der Waals surface area (Å²) in [6.07, 6.45) is 0. The Labute approximate surface area is 152 Å². The Morgan fingerprint density at radius 3 is 2.38 bits per heavy atom. The summed E-state index contributed by atoms with van der Waals surface area (Å²) in [6.45, 7) is 6.91. The Hall–Kier alpha value is -2.41. The molecule has 140 valence electrons. The molecule has 1 atom stereocenters. The average Bonchev–Trinajstić information content (AvgIpc) is 2.99. The van der Waals surface area contributed by atoms with Gasteiger partial charge in [-0.3, -0.25) is 14.6 Å². The third kappa shape index (κ3) is 2.86. The minimum Gasteiger partial charge on any atom is -0.465 e. The molecule has 0 radical (unpaired) electrons. The second-order valence-electron chi connectivity index (χ2n) is 6.32. The first-order valence-corrected chi connectivity index (χ1v) is 8.90. The minimum atomic E-state index is -1.65. The molecule has 0 spiro atoms. The number of ether oxygens (including phenoxy) is 3. The number of nitrogens with zero attached hydrogens (tertiary/aromatic N) is 2. The van der Waals surface area contributed by atoms with E-state index in [0.29, 0.717) is 24.4 Å². The van der Waals surface area contributed by atoms with Crippen molar-refractivity contribution in [1.29, 1.82) is 0 Å². The van der Waals surface area contributed by atoms with Crippen LogP contribution in [0.1, 0.15) is 25.0 Å². The largest absolute Gasteiger partial charge is 0.465 e. The van der Waals surface area contributed by atoms with Crippen LogP contribution < -0.4 is 0 Å². The van der Waals surface area contributed by atoms with Crippen molar-refractivity contribution in [3.05, 3.63) is 35.4 Å². The predicted octanol–water partition coefficient (Wildman–Crippen LogP) is 1.53. The number of hydrazone groups is 1. The molecule has 1 aromatic carbocycles. The fourth-order valence-electron chi connectivity index (χ4n) is 3.46. The lowest BCUT2D eigenvalue weighted by Crippen LogP contribution is -2.59. The summed E-state index contributed by atoms with van der Waals surface area (Å²) in [5, 5.41) is 6.40.